The molecular weight excluding hydrogens is 344 g/mol. The average molecular weight is 365 g/mol. The lowest BCUT2D eigenvalue weighted by Crippen LogP contribution is -2.40. The maximum atomic E-state index is 12.6. The molecule has 0 N–H and O–H groups in total. The third-order valence-corrected chi connectivity index (χ3v) is 4.70. The van der Waals surface area contributed by atoms with Gasteiger partial charge in [0.2, 0.25) is 0 Å². The van der Waals surface area contributed by atoms with Crippen molar-refractivity contribution in [3.63, 3.8) is 0 Å². The van der Waals surface area contributed by atoms with Crippen molar-refractivity contribution in [2.75, 3.05) is 13.1 Å². The number of aryl methyl sites for hydroxylation is 2. The van der Waals surface area contributed by atoms with Gasteiger partial charge in [-0.2, -0.15) is 5.10 Å². The molecule has 0 aliphatic carbocycles. The van der Waals surface area contributed by atoms with Gasteiger partial charge in [-0.15, -0.1) is 0 Å². The molecule has 1 amide bonds. The summed E-state index contributed by atoms with van der Waals surface area (Å²) in [6.07, 6.45) is -0.0842. The Kier molecular flexibility index (Phi) is 5.15. The molecule has 1 fully saturated rings. The van der Waals surface area contributed by atoms with Crippen LogP contribution in [0.4, 0.5) is 8.78 Å². The molecular formula is C17H21F2N5O2. The summed E-state index contributed by atoms with van der Waals surface area (Å²) >= 11 is 0. The Morgan fingerprint density at radius 2 is 2.00 bits per heavy atom. The van der Waals surface area contributed by atoms with Crippen LogP contribution in [-0.4, -0.2) is 43.2 Å². The third-order valence-electron chi connectivity index (χ3n) is 4.70. The Hall–Kier alpha value is -2.58. The zero-order valence-electron chi connectivity index (χ0n) is 14.7. The summed E-state index contributed by atoms with van der Waals surface area (Å²) in [5.74, 6) is 0.149. The Labute approximate surface area is 149 Å². The predicted octanol–water partition coefficient (Wildman–Crippen LogP) is 1.78. The maximum absolute atomic E-state index is 12.6. The first-order valence-corrected chi connectivity index (χ1v) is 8.49. The zero-order chi connectivity index (χ0) is 18.8. The van der Waals surface area contributed by atoms with E-state index in [0.717, 1.165) is 24.6 Å². The smallest absolute Gasteiger partial charge is 0.280 e. The van der Waals surface area contributed by atoms with E-state index in [2.05, 4.69) is 10.1 Å². The van der Waals surface area contributed by atoms with Gasteiger partial charge in [-0.05, 0) is 31.7 Å². The monoisotopic (exact) mass is 365 g/mol. The van der Waals surface area contributed by atoms with E-state index in [1.807, 2.05) is 6.92 Å². The fourth-order valence-electron chi connectivity index (χ4n) is 3.27. The first-order valence-electron chi connectivity index (χ1n) is 8.49. The standard InChI is InChI=1S/C17H21F2N5O2/c1-11-7-14(22(2)21-11)17(26)23-5-3-12(4-6-23)9-24-10-20-13(16(18)19)8-15(24)25/h7-8,10,12,16H,3-6,9H2,1-2H3. The molecule has 2 aromatic rings. The molecule has 0 aromatic carbocycles. The second-order valence-corrected chi connectivity index (χ2v) is 6.64. The number of carbonyl (C=O) groups excluding carboxylic acids is 1. The minimum atomic E-state index is -2.75. The van der Waals surface area contributed by atoms with Crippen LogP contribution in [-0.2, 0) is 13.6 Å². The normalized spacial score (nSPS) is 15.7. The minimum Gasteiger partial charge on any atom is -0.337 e. The number of carbonyl (C=O) groups is 1. The summed E-state index contributed by atoms with van der Waals surface area (Å²) in [7, 11) is 1.75. The van der Waals surface area contributed by atoms with Crippen molar-refractivity contribution in [3.8, 4) is 0 Å². The van der Waals surface area contributed by atoms with E-state index < -0.39 is 17.7 Å². The highest BCUT2D eigenvalue weighted by molar-refractivity contribution is 5.92. The van der Waals surface area contributed by atoms with E-state index in [1.54, 1.807) is 22.7 Å². The summed E-state index contributed by atoms with van der Waals surface area (Å²) in [5, 5.41) is 4.20. The van der Waals surface area contributed by atoms with E-state index in [1.165, 1.54) is 10.9 Å². The number of piperidine rings is 1. The second kappa shape index (κ2) is 7.35. The molecule has 1 saturated heterocycles. The van der Waals surface area contributed by atoms with Gasteiger partial charge in [0.15, 0.2) is 0 Å². The number of halogens is 2. The topological polar surface area (TPSA) is 73.0 Å². The first-order chi connectivity index (χ1) is 12.3. The Morgan fingerprint density at radius 1 is 1.31 bits per heavy atom. The zero-order valence-corrected chi connectivity index (χ0v) is 14.7. The first kappa shape index (κ1) is 18.2. The Balaban J connectivity index is 1.60. The van der Waals surface area contributed by atoms with E-state index in [0.29, 0.717) is 25.3 Å². The highest BCUT2D eigenvalue weighted by Gasteiger charge is 2.26. The molecule has 1 aliphatic rings. The molecule has 3 heterocycles. The van der Waals surface area contributed by atoms with Gasteiger partial charge in [0.05, 0.1) is 12.0 Å². The lowest BCUT2D eigenvalue weighted by molar-refractivity contribution is 0.0671. The number of likely N-dealkylation sites (tertiary alicyclic amines) is 1. The molecule has 3 rings (SSSR count). The summed E-state index contributed by atoms with van der Waals surface area (Å²) in [6.45, 7) is 3.44. The van der Waals surface area contributed by atoms with Crippen LogP contribution in [0.25, 0.3) is 0 Å². The van der Waals surface area contributed by atoms with Gasteiger partial charge >= 0.3 is 0 Å². The van der Waals surface area contributed by atoms with E-state index in [-0.39, 0.29) is 11.8 Å². The number of hydrogen-bond donors (Lipinski definition) is 0. The lowest BCUT2D eigenvalue weighted by Gasteiger charge is -2.32. The minimum absolute atomic E-state index is 0.0494. The average Bonchev–Trinajstić information content (AvgIpc) is 2.95. The molecule has 9 heteroatoms. The predicted molar refractivity (Wildman–Crippen MR) is 90.0 cm³/mol. The molecule has 140 valence electrons. The largest absolute Gasteiger partial charge is 0.337 e. The summed E-state index contributed by atoms with van der Waals surface area (Å²) in [5.41, 5.74) is 0.381. The number of hydrogen-bond acceptors (Lipinski definition) is 4. The number of amides is 1. The van der Waals surface area contributed by atoms with Crippen molar-refractivity contribution >= 4 is 5.91 Å². The van der Waals surface area contributed by atoms with Gasteiger partial charge in [0.1, 0.15) is 11.4 Å². The molecule has 0 unspecified atom stereocenters. The fraction of sp³-hybridized carbons (Fsp3) is 0.529. The molecule has 0 spiro atoms. The number of aromatic nitrogens is 4. The Morgan fingerprint density at radius 3 is 2.54 bits per heavy atom. The van der Waals surface area contributed by atoms with Gasteiger partial charge in [0, 0.05) is 32.7 Å². The fourth-order valence-corrected chi connectivity index (χ4v) is 3.27. The van der Waals surface area contributed by atoms with E-state index >= 15 is 0 Å². The molecule has 1 aliphatic heterocycles. The third kappa shape index (κ3) is 3.81. The molecule has 7 nitrogen and oxygen atoms in total. The lowest BCUT2D eigenvalue weighted by atomic mass is 9.96. The second-order valence-electron chi connectivity index (χ2n) is 6.64. The molecule has 0 atom stereocenters. The maximum Gasteiger partial charge on any atom is 0.280 e. The van der Waals surface area contributed by atoms with E-state index in [9.17, 15) is 18.4 Å². The summed E-state index contributed by atoms with van der Waals surface area (Å²) in [6, 6.07) is 2.65. The highest BCUT2D eigenvalue weighted by atomic mass is 19.3. The van der Waals surface area contributed by atoms with Crippen LogP contribution in [0.2, 0.25) is 0 Å². The van der Waals surface area contributed by atoms with Crippen LogP contribution in [0.15, 0.2) is 23.3 Å². The van der Waals surface area contributed by atoms with Crippen molar-refractivity contribution < 1.29 is 13.6 Å². The number of nitrogens with zero attached hydrogens (tertiary/aromatic N) is 5. The van der Waals surface area contributed by atoms with Crippen LogP contribution in [0.5, 0.6) is 0 Å². The van der Waals surface area contributed by atoms with Gasteiger partial charge in [-0.1, -0.05) is 0 Å². The quantitative estimate of drug-likeness (QED) is 0.828. The van der Waals surface area contributed by atoms with Crippen LogP contribution < -0.4 is 5.56 Å². The van der Waals surface area contributed by atoms with E-state index in [4.69, 9.17) is 0 Å². The number of alkyl halides is 2. The van der Waals surface area contributed by atoms with Gasteiger partial charge in [-0.3, -0.25) is 18.8 Å². The molecule has 0 saturated carbocycles. The molecule has 26 heavy (non-hydrogen) atoms. The van der Waals surface area contributed by atoms with Crippen molar-refractivity contribution in [1.82, 2.24) is 24.2 Å². The highest BCUT2D eigenvalue weighted by Crippen LogP contribution is 2.21. The molecule has 0 radical (unpaired) electrons. The van der Waals surface area contributed by atoms with Gasteiger partial charge < -0.3 is 4.90 Å². The molecule has 2 aromatic heterocycles. The Bertz CT molecular complexity index is 853. The van der Waals surface area contributed by atoms with Gasteiger partial charge in [0.25, 0.3) is 17.9 Å². The molecule has 0 bridgehead atoms. The van der Waals surface area contributed by atoms with Gasteiger partial charge in [-0.25, -0.2) is 13.8 Å². The van der Waals surface area contributed by atoms with Crippen molar-refractivity contribution in [2.24, 2.45) is 13.0 Å². The van der Waals surface area contributed by atoms with Crippen molar-refractivity contribution in [3.05, 3.63) is 45.9 Å². The van der Waals surface area contributed by atoms with Crippen molar-refractivity contribution in [2.45, 2.75) is 32.7 Å². The van der Waals surface area contributed by atoms with Crippen molar-refractivity contribution in [1.29, 1.82) is 0 Å². The summed E-state index contributed by atoms with van der Waals surface area (Å²) in [4.78, 5) is 29.9. The summed E-state index contributed by atoms with van der Waals surface area (Å²) < 4.78 is 28.1. The number of rotatable bonds is 4. The van der Waals surface area contributed by atoms with Crippen LogP contribution in [0.1, 0.15) is 41.1 Å². The van der Waals surface area contributed by atoms with Crippen LogP contribution in [0, 0.1) is 12.8 Å². The SMILES string of the molecule is Cc1cc(C(=O)N2CCC(Cn3cnc(C(F)F)cc3=O)CC2)n(C)n1. The van der Waals surface area contributed by atoms with Crippen LogP contribution in [0.3, 0.4) is 0 Å². The van der Waals surface area contributed by atoms with Crippen LogP contribution >= 0.6 is 0 Å².